The van der Waals surface area contributed by atoms with Crippen LogP contribution in [0.25, 0.3) is 0 Å². The topological polar surface area (TPSA) is 39.7 Å². The van der Waals surface area contributed by atoms with Gasteiger partial charge in [-0.15, -0.1) is 0 Å². The Morgan fingerprint density at radius 3 is 2.29 bits per heavy atom. The van der Waals surface area contributed by atoms with Crippen molar-refractivity contribution in [3.05, 3.63) is 53.3 Å². The monoisotopic (exact) mass is 341 g/mol. The summed E-state index contributed by atoms with van der Waals surface area (Å²) in [5.74, 6) is 0.436. The molecule has 0 amide bonds. The fourth-order valence-corrected chi connectivity index (χ4v) is 2.24. The number of halogens is 3. The predicted molar refractivity (Wildman–Crippen MR) is 83.1 cm³/mol. The maximum atomic E-state index is 13.3. The van der Waals surface area contributed by atoms with Crippen molar-refractivity contribution in [3.63, 3.8) is 0 Å². The van der Waals surface area contributed by atoms with Gasteiger partial charge in [-0.2, -0.15) is 8.78 Å². The molecule has 2 aromatic rings. The summed E-state index contributed by atoms with van der Waals surface area (Å²) < 4.78 is 52.5. The molecule has 7 heteroatoms. The lowest BCUT2D eigenvalue weighted by molar-refractivity contribution is -0.0512. The summed E-state index contributed by atoms with van der Waals surface area (Å²) in [5, 5.41) is 3.14. The molecule has 0 aliphatic carbocycles. The Labute approximate surface area is 138 Å². The van der Waals surface area contributed by atoms with Crippen LogP contribution in [-0.2, 0) is 13.1 Å². The van der Waals surface area contributed by atoms with Crippen molar-refractivity contribution in [3.8, 4) is 17.2 Å². The molecule has 0 unspecified atom stereocenters. The van der Waals surface area contributed by atoms with Gasteiger partial charge < -0.3 is 19.5 Å². The first-order valence-corrected chi connectivity index (χ1v) is 7.18. The van der Waals surface area contributed by atoms with Crippen molar-refractivity contribution in [2.45, 2.75) is 19.7 Å². The van der Waals surface area contributed by atoms with Crippen LogP contribution in [0.4, 0.5) is 13.2 Å². The summed E-state index contributed by atoms with van der Waals surface area (Å²) in [5.41, 5.74) is 1.49. The summed E-state index contributed by atoms with van der Waals surface area (Å²) in [6.45, 7) is -2.09. The summed E-state index contributed by atoms with van der Waals surface area (Å²) in [6, 6.07) is 8.96. The molecule has 130 valence electrons. The van der Waals surface area contributed by atoms with Gasteiger partial charge >= 0.3 is 6.61 Å². The maximum Gasteiger partial charge on any atom is 0.387 e. The molecule has 2 rings (SSSR count). The Hall–Kier alpha value is -2.41. The second kappa shape index (κ2) is 8.44. The van der Waals surface area contributed by atoms with E-state index in [1.807, 2.05) is 0 Å². The number of rotatable bonds is 8. The lowest BCUT2D eigenvalue weighted by atomic mass is 10.1. The molecule has 2 aromatic carbocycles. The summed E-state index contributed by atoms with van der Waals surface area (Å²) in [4.78, 5) is 0. The molecule has 0 aliphatic rings. The zero-order valence-corrected chi connectivity index (χ0v) is 13.3. The highest BCUT2D eigenvalue weighted by atomic mass is 19.3. The van der Waals surface area contributed by atoms with Crippen LogP contribution >= 0.6 is 0 Å². The number of hydrogen-bond donors (Lipinski definition) is 1. The van der Waals surface area contributed by atoms with Gasteiger partial charge in [-0.25, -0.2) is 4.39 Å². The van der Waals surface area contributed by atoms with Gasteiger partial charge in [0.25, 0.3) is 0 Å². The van der Waals surface area contributed by atoms with E-state index in [1.54, 1.807) is 18.2 Å². The molecule has 0 aliphatic heterocycles. The van der Waals surface area contributed by atoms with Crippen LogP contribution in [0.1, 0.15) is 11.1 Å². The molecule has 0 saturated carbocycles. The average Bonchev–Trinajstić information content (AvgIpc) is 2.56. The highest BCUT2D eigenvalue weighted by molar-refractivity contribution is 5.43. The standard InChI is InChI=1S/C17H18F3NO3/c1-22-14-6-4-13(18)8-12(14)10-21-9-11-3-5-15(24-17(19)20)16(7-11)23-2/h3-8,17,21H,9-10H2,1-2H3. The normalized spacial score (nSPS) is 10.8. The van der Waals surface area contributed by atoms with Gasteiger partial charge in [-0.05, 0) is 35.9 Å². The lowest BCUT2D eigenvalue weighted by Crippen LogP contribution is -2.14. The molecule has 0 bridgehead atoms. The van der Waals surface area contributed by atoms with E-state index >= 15 is 0 Å². The molecule has 0 fully saturated rings. The maximum absolute atomic E-state index is 13.3. The van der Waals surface area contributed by atoms with Crippen LogP contribution in [-0.4, -0.2) is 20.8 Å². The van der Waals surface area contributed by atoms with Gasteiger partial charge in [0.1, 0.15) is 11.6 Å². The first-order chi connectivity index (χ1) is 11.5. The van der Waals surface area contributed by atoms with E-state index in [4.69, 9.17) is 9.47 Å². The van der Waals surface area contributed by atoms with Crippen molar-refractivity contribution < 1.29 is 27.4 Å². The Kier molecular flexibility index (Phi) is 6.31. The smallest absolute Gasteiger partial charge is 0.387 e. The summed E-state index contributed by atoms with van der Waals surface area (Å²) >= 11 is 0. The molecule has 0 radical (unpaired) electrons. The van der Waals surface area contributed by atoms with Gasteiger partial charge in [0, 0.05) is 18.7 Å². The van der Waals surface area contributed by atoms with Crippen molar-refractivity contribution in [2.24, 2.45) is 0 Å². The Bertz CT molecular complexity index is 680. The zero-order valence-electron chi connectivity index (χ0n) is 13.3. The van der Waals surface area contributed by atoms with Gasteiger partial charge in [-0.1, -0.05) is 6.07 Å². The minimum atomic E-state index is -2.91. The van der Waals surface area contributed by atoms with E-state index in [1.165, 1.54) is 32.4 Å². The number of ether oxygens (including phenoxy) is 3. The third-order valence-corrected chi connectivity index (χ3v) is 3.33. The molecule has 0 atom stereocenters. The van der Waals surface area contributed by atoms with E-state index in [2.05, 4.69) is 10.1 Å². The molecule has 0 aromatic heterocycles. The molecule has 4 nitrogen and oxygen atoms in total. The number of hydrogen-bond acceptors (Lipinski definition) is 4. The summed E-state index contributed by atoms with van der Waals surface area (Å²) in [6.07, 6.45) is 0. The SMILES string of the molecule is COc1ccc(F)cc1CNCc1ccc(OC(F)F)c(OC)c1. The fourth-order valence-electron chi connectivity index (χ4n) is 2.24. The van der Waals surface area contributed by atoms with Gasteiger partial charge in [0.05, 0.1) is 14.2 Å². The Morgan fingerprint density at radius 2 is 1.62 bits per heavy atom. The first kappa shape index (κ1) is 17.9. The highest BCUT2D eigenvalue weighted by Crippen LogP contribution is 2.29. The van der Waals surface area contributed by atoms with Crippen LogP contribution in [0.2, 0.25) is 0 Å². The van der Waals surface area contributed by atoms with E-state index in [0.29, 0.717) is 24.4 Å². The fraction of sp³-hybridized carbons (Fsp3) is 0.294. The molecule has 0 saturated heterocycles. The van der Waals surface area contributed by atoms with E-state index in [9.17, 15) is 13.2 Å². The van der Waals surface area contributed by atoms with Gasteiger partial charge in [-0.3, -0.25) is 0 Å². The van der Waals surface area contributed by atoms with Crippen LogP contribution < -0.4 is 19.5 Å². The second-order valence-electron chi connectivity index (χ2n) is 4.92. The number of nitrogens with one attached hydrogen (secondary N) is 1. The predicted octanol–water partition coefficient (Wildman–Crippen LogP) is 3.73. The zero-order chi connectivity index (χ0) is 17.5. The van der Waals surface area contributed by atoms with E-state index in [0.717, 1.165) is 5.56 Å². The van der Waals surface area contributed by atoms with E-state index < -0.39 is 6.61 Å². The Morgan fingerprint density at radius 1 is 0.917 bits per heavy atom. The third-order valence-electron chi connectivity index (χ3n) is 3.33. The summed E-state index contributed by atoms with van der Waals surface area (Å²) in [7, 11) is 2.89. The van der Waals surface area contributed by atoms with Crippen molar-refractivity contribution in [1.29, 1.82) is 0 Å². The van der Waals surface area contributed by atoms with Crippen LogP contribution in [0.15, 0.2) is 36.4 Å². The van der Waals surface area contributed by atoms with Gasteiger partial charge in [0.15, 0.2) is 11.5 Å². The average molecular weight is 341 g/mol. The third kappa shape index (κ3) is 4.79. The molecular formula is C17H18F3NO3. The first-order valence-electron chi connectivity index (χ1n) is 7.18. The minimum absolute atomic E-state index is 0.0250. The largest absolute Gasteiger partial charge is 0.496 e. The molecule has 0 heterocycles. The number of alkyl halides is 2. The molecular weight excluding hydrogens is 323 g/mol. The van der Waals surface area contributed by atoms with Crippen LogP contribution in [0.3, 0.4) is 0 Å². The molecule has 1 N–H and O–H groups in total. The molecule has 0 spiro atoms. The second-order valence-corrected chi connectivity index (χ2v) is 4.92. The number of benzene rings is 2. The Balaban J connectivity index is 2.01. The van der Waals surface area contributed by atoms with Crippen molar-refractivity contribution in [2.75, 3.05) is 14.2 Å². The van der Waals surface area contributed by atoms with Crippen LogP contribution in [0, 0.1) is 5.82 Å². The quantitative estimate of drug-likeness (QED) is 0.794. The van der Waals surface area contributed by atoms with Crippen molar-refractivity contribution >= 4 is 0 Å². The number of methoxy groups -OCH3 is 2. The van der Waals surface area contributed by atoms with Crippen molar-refractivity contribution in [1.82, 2.24) is 5.32 Å². The van der Waals surface area contributed by atoms with Gasteiger partial charge in [0.2, 0.25) is 0 Å². The minimum Gasteiger partial charge on any atom is -0.496 e. The lowest BCUT2D eigenvalue weighted by Gasteiger charge is -2.13. The van der Waals surface area contributed by atoms with E-state index in [-0.39, 0.29) is 17.3 Å². The molecule has 24 heavy (non-hydrogen) atoms. The van der Waals surface area contributed by atoms with Crippen LogP contribution in [0.5, 0.6) is 17.2 Å². The highest BCUT2D eigenvalue weighted by Gasteiger charge is 2.11.